The quantitative estimate of drug-likeness (QED) is 0.506. The summed E-state index contributed by atoms with van der Waals surface area (Å²) in [6, 6.07) is 15.3. The largest absolute Gasteiger partial charge is 0.335 e. The fourth-order valence-corrected chi connectivity index (χ4v) is 3.75. The van der Waals surface area contributed by atoms with Crippen LogP contribution in [0.15, 0.2) is 59.8 Å². The topological polar surface area (TPSA) is 77.0 Å². The molecule has 1 amide bonds. The summed E-state index contributed by atoms with van der Waals surface area (Å²) in [5, 5.41) is 8.28. The summed E-state index contributed by atoms with van der Waals surface area (Å²) in [6.45, 7) is 3.96. The zero-order valence-corrected chi connectivity index (χ0v) is 16.7. The number of hydrogen-bond donors (Lipinski definition) is 1. The minimum Gasteiger partial charge on any atom is -0.335 e. The molecule has 2 N–H and O–H groups in total. The number of aromatic nitrogens is 3. The molecule has 0 aliphatic heterocycles. The van der Waals surface area contributed by atoms with E-state index in [1.54, 1.807) is 24.1 Å². The lowest BCUT2D eigenvalue weighted by Gasteiger charge is -2.25. The molecule has 6 nitrogen and oxygen atoms in total. The summed E-state index contributed by atoms with van der Waals surface area (Å²) >= 11 is 1.27. The zero-order chi connectivity index (χ0) is 20.3. The van der Waals surface area contributed by atoms with Crippen LogP contribution in [-0.2, 0) is 4.79 Å². The summed E-state index contributed by atoms with van der Waals surface area (Å²) in [4.78, 5) is 14.7. The van der Waals surface area contributed by atoms with Crippen molar-refractivity contribution in [2.24, 2.45) is 5.92 Å². The van der Waals surface area contributed by atoms with Gasteiger partial charge in [0, 0.05) is 18.3 Å². The van der Waals surface area contributed by atoms with Crippen molar-refractivity contribution in [3.05, 3.63) is 60.4 Å². The van der Waals surface area contributed by atoms with Crippen molar-refractivity contribution in [2.45, 2.75) is 24.3 Å². The average Bonchev–Trinajstić information content (AvgIpc) is 3.06. The number of nitrogens with two attached hydrogens (primary N) is 1. The number of halogens is 1. The molecule has 28 heavy (non-hydrogen) atoms. The van der Waals surface area contributed by atoms with Gasteiger partial charge in [-0.1, -0.05) is 43.8 Å². The summed E-state index contributed by atoms with van der Waals surface area (Å²) in [6.07, 6.45) is 0. The molecule has 3 aromatic rings. The highest BCUT2D eigenvalue weighted by molar-refractivity contribution is 8.00. The fourth-order valence-electron chi connectivity index (χ4n) is 2.71. The molecule has 1 unspecified atom stereocenters. The van der Waals surface area contributed by atoms with E-state index in [0.717, 1.165) is 5.69 Å². The SMILES string of the molecule is CC(C)C(Sc1nnc(-c2ccc(F)cc2)n1N)C(=O)N(C)c1ccccc1. The molecule has 0 aliphatic carbocycles. The van der Waals surface area contributed by atoms with Crippen molar-refractivity contribution < 1.29 is 9.18 Å². The molecule has 1 aromatic heterocycles. The molecule has 1 atom stereocenters. The van der Waals surface area contributed by atoms with Crippen molar-refractivity contribution in [1.82, 2.24) is 14.9 Å². The molecule has 1 heterocycles. The maximum atomic E-state index is 13.2. The number of rotatable bonds is 6. The van der Waals surface area contributed by atoms with Crippen LogP contribution in [-0.4, -0.2) is 33.1 Å². The molecule has 0 aliphatic rings. The summed E-state index contributed by atoms with van der Waals surface area (Å²) in [7, 11) is 1.75. The molecule has 0 saturated heterocycles. The van der Waals surface area contributed by atoms with E-state index in [2.05, 4.69) is 10.2 Å². The van der Waals surface area contributed by atoms with Gasteiger partial charge in [0.05, 0.1) is 5.25 Å². The van der Waals surface area contributed by atoms with Crippen molar-refractivity contribution >= 4 is 23.4 Å². The van der Waals surface area contributed by atoms with Crippen LogP contribution in [0.4, 0.5) is 10.1 Å². The van der Waals surface area contributed by atoms with E-state index in [1.807, 2.05) is 44.2 Å². The number of anilines is 1. The maximum absolute atomic E-state index is 13.2. The van der Waals surface area contributed by atoms with Crippen LogP contribution in [0.25, 0.3) is 11.4 Å². The van der Waals surface area contributed by atoms with E-state index in [9.17, 15) is 9.18 Å². The van der Waals surface area contributed by atoms with Gasteiger partial charge in [0.1, 0.15) is 5.82 Å². The van der Waals surface area contributed by atoms with Gasteiger partial charge in [0.25, 0.3) is 0 Å². The number of para-hydroxylation sites is 1. The van der Waals surface area contributed by atoms with E-state index in [0.29, 0.717) is 16.5 Å². The Hall–Kier alpha value is -2.87. The first kappa shape index (κ1) is 19.9. The first-order chi connectivity index (χ1) is 13.4. The Morgan fingerprint density at radius 3 is 2.36 bits per heavy atom. The number of benzene rings is 2. The van der Waals surface area contributed by atoms with Crippen molar-refractivity contribution in [1.29, 1.82) is 0 Å². The van der Waals surface area contributed by atoms with Gasteiger partial charge in [-0.05, 0) is 42.3 Å². The van der Waals surface area contributed by atoms with Crippen molar-refractivity contribution in [2.75, 3.05) is 17.8 Å². The Bertz CT molecular complexity index is 943. The van der Waals surface area contributed by atoms with E-state index >= 15 is 0 Å². The monoisotopic (exact) mass is 399 g/mol. The third-order valence-corrected chi connectivity index (χ3v) is 5.81. The minimum atomic E-state index is -0.391. The van der Waals surface area contributed by atoms with Crippen LogP contribution in [0.2, 0.25) is 0 Å². The van der Waals surface area contributed by atoms with Gasteiger partial charge < -0.3 is 10.7 Å². The molecule has 0 fully saturated rings. The Labute approximate surface area is 167 Å². The molecule has 0 saturated carbocycles. The Morgan fingerprint density at radius 1 is 1.11 bits per heavy atom. The first-order valence-corrected chi connectivity index (χ1v) is 9.72. The smallest absolute Gasteiger partial charge is 0.240 e. The van der Waals surface area contributed by atoms with Crippen LogP contribution < -0.4 is 10.7 Å². The second-order valence-corrected chi connectivity index (χ2v) is 7.81. The van der Waals surface area contributed by atoms with Gasteiger partial charge in [0.15, 0.2) is 5.82 Å². The van der Waals surface area contributed by atoms with E-state index in [4.69, 9.17) is 5.84 Å². The van der Waals surface area contributed by atoms with Crippen LogP contribution >= 0.6 is 11.8 Å². The average molecular weight is 399 g/mol. The summed E-state index contributed by atoms with van der Waals surface area (Å²) < 4.78 is 14.5. The molecule has 3 rings (SSSR count). The molecule has 146 valence electrons. The summed E-state index contributed by atoms with van der Waals surface area (Å²) in [5.41, 5.74) is 1.47. The number of carbonyl (C=O) groups is 1. The third-order valence-electron chi connectivity index (χ3n) is 4.32. The van der Waals surface area contributed by atoms with Gasteiger partial charge in [-0.3, -0.25) is 4.79 Å². The lowest BCUT2D eigenvalue weighted by Crippen LogP contribution is -2.37. The van der Waals surface area contributed by atoms with Gasteiger partial charge in [0.2, 0.25) is 11.1 Å². The fraction of sp³-hybridized carbons (Fsp3) is 0.250. The van der Waals surface area contributed by atoms with Gasteiger partial charge in [-0.15, -0.1) is 10.2 Å². The molecule has 0 spiro atoms. The highest BCUT2D eigenvalue weighted by atomic mass is 32.2. The van der Waals surface area contributed by atoms with Gasteiger partial charge >= 0.3 is 0 Å². The first-order valence-electron chi connectivity index (χ1n) is 8.84. The van der Waals surface area contributed by atoms with E-state index < -0.39 is 5.25 Å². The zero-order valence-electron chi connectivity index (χ0n) is 15.9. The second-order valence-electron chi connectivity index (χ2n) is 6.70. The molecule has 0 bridgehead atoms. The number of carbonyl (C=O) groups excluding carboxylic acids is 1. The van der Waals surface area contributed by atoms with E-state index in [-0.39, 0.29) is 17.6 Å². The standard InChI is InChI=1S/C20H22FN5OS/c1-13(2)17(19(27)25(3)16-7-5-4-6-8-16)28-20-24-23-18(26(20)22)14-9-11-15(21)12-10-14/h4-13,17H,22H2,1-3H3. The maximum Gasteiger partial charge on any atom is 0.240 e. The van der Waals surface area contributed by atoms with Crippen LogP contribution in [0.5, 0.6) is 0 Å². The molecule has 2 aromatic carbocycles. The number of nitrogen functional groups attached to an aromatic ring is 1. The second kappa shape index (κ2) is 8.43. The number of thioether (sulfide) groups is 1. The van der Waals surface area contributed by atoms with Crippen molar-refractivity contribution in [3.63, 3.8) is 0 Å². The molecule has 0 radical (unpaired) electrons. The van der Waals surface area contributed by atoms with Gasteiger partial charge in [-0.25, -0.2) is 9.07 Å². The Morgan fingerprint density at radius 2 is 1.75 bits per heavy atom. The predicted octanol–water partition coefficient (Wildman–Crippen LogP) is 3.58. The number of nitrogens with zero attached hydrogens (tertiary/aromatic N) is 4. The van der Waals surface area contributed by atoms with Crippen molar-refractivity contribution in [3.8, 4) is 11.4 Å². The number of hydrogen-bond acceptors (Lipinski definition) is 5. The highest BCUT2D eigenvalue weighted by Gasteiger charge is 2.29. The van der Waals surface area contributed by atoms with Gasteiger partial charge in [-0.2, -0.15) is 0 Å². The lowest BCUT2D eigenvalue weighted by molar-refractivity contribution is -0.118. The molecule has 8 heteroatoms. The van der Waals surface area contributed by atoms with Crippen LogP contribution in [0.3, 0.4) is 0 Å². The number of amides is 1. The summed E-state index contributed by atoms with van der Waals surface area (Å²) in [5.74, 6) is 6.24. The Kier molecular flexibility index (Phi) is 5.99. The predicted molar refractivity (Wildman–Crippen MR) is 110 cm³/mol. The Balaban J connectivity index is 1.83. The van der Waals surface area contributed by atoms with Crippen LogP contribution in [0.1, 0.15) is 13.8 Å². The molecular formula is C20H22FN5OS. The van der Waals surface area contributed by atoms with E-state index in [1.165, 1.54) is 28.6 Å². The minimum absolute atomic E-state index is 0.0440. The molecular weight excluding hydrogens is 377 g/mol. The van der Waals surface area contributed by atoms with Crippen LogP contribution in [0, 0.1) is 11.7 Å². The third kappa shape index (κ3) is 4.17. The normalized spacial score (nSPS) is 12.2. The highest BCUT2D eigenvalue weighted by Crippen LogP contribution is 2.30. The lowest BCUT2D eigenvalue weighted by atomic mass is 10.1.